The highest BCUT2D eigenvalue weighted by molar-refractivity contribution is 5.94. The van der Waals surface area contributed by atoms with Gasteiger partial charge in [-0.3, -0.25) is 0 Å². The van der Waals surface area contributed by atoms with E-state index in [-0.39, 0.29) is 10.9 Å². The van der Waals surface area contributed by atoms with Gasteiger partial charge in [-0.2, -0.15) is 0 Å². The first-order valence-corrected chi connectivity index (χ1v) is 4.24. The molecule has 2 aromatic carbocycles. The minimum atomic E-state index is -1.06. The average molecular weight is 206 g/mol. The molecule has 0 aromatic heterocycles. The molecule has 15 heavy (non-hydrogen) atoms. The molecule has 76 valence electrons. The van der Waals surface area contributed by atoms with Crippen molar-refractivity contribution in [2.75, 3.05) is 0 Å². The van der Waals surface area contributed by atoms with Gasteiger partial charge in [0.2, 0.25) is 0 Å². The van der Waals surface area contributed by atoms with Crippen LogP contribution < -0.4 is 0 Å². The van der Waals surface area contributed by atoms with Crippen LogP contribution in [-0.4, -0.2) is 16.2 Å². The molecular weight excluding hydrogens is 199 g/mol. The Labute approximate surface area is 84.4 Å². The molecule has 2 N–H and O–H groups in total. The van der Waals surface area contributed by atoms with Crippen molar-refractivity contribution < 1.29 is 19.4 Å². The van der Waals surface area contributed by atoms with Crippen LogP contribution >= 0.6 is 0 Å². The van der Waals surface area contributed by atoms with Crippen molar-refractivity contribution in [3.63, 3.8) is 0 Å². The van der Waals surface area contributed by atoms with Crippen LogP contribution in [-0.2, 0) is 0 Å². The third-order valence-electron chi connectivity index (χ3n) is 2.18. The van der Waals surface area contributed by atoms with Gasteiger partial charge < -0.3 is 10.2 Å². The van der Waals surface area contributed by atoms with Crippen molar-refractivity contribution in [2.45, 2.75) is 0 Å². The Hall–Kier alpha value is -2.10. The third-order valence-corrected chi connectivity index (χ3v) is 2.18. The van der Waals surface area contributed by atoms with Crippen LogP contribution in [0.25, 0.3) is 10.8 Å². The molecule has 0 aliphatic rings. The predicted molar refractivity (Wildman–Crippen MR) is 52.5 cm³/mol. The molecule has 0 radical (unpaired) electrons. The van der Waals surface area contributed by atoms with Crippen molar-refractivity contribution in [3.8, 4) is 5.75 Å². The molecule has 0 saturated carbocycles. The second-order valence-corrected chi connectivity index (χ2v) is 3.14. The molecule has 2 aromatic rings. The summed E-state index contributed by atoms with van der Waals surface area (Å²) in [6.07, 6.45) is 0. The van der Waals surface area contributed by atoms with Gasteiger partial charge in [-0.25, -0.2) is 9.18 Å². The maximum Gasteiger partial charge on any atom is 0.335 e. The van der Waals surface area contributed by atoms with Crippen LogP contribution in [0.4, 0.5) is 4.39 Å². The molecule has 0 saturated heterocycles. The van der Waals surface area contributed by atoms with E-state index in [0.29, 0.717) is 5.39 Å². The van der Waals surface area contributed by atoms with Crippen LogP contribution in [0, 0.1) is 5.82 Å². The summed E-state index contributed by atoms with van der Waals surface area (Å²) in [5.74, 6) is -2.24. The number of hydrogen-bond acceptors (Lipinski definition) is 2. The quantitative estimate of drug-likeness (QED) is 0.753. The molecule has 0 aliphatic carbocycles. The van der Waals surface area contributed by atoms with E-state index in [2.05, 4.69) is 0 Å². The zero-order valence-electron chi connectivity index (χ0n) is 7.57. The van der Waals surface area contributed by atoms with E-state index < -0.39 is 17.5 Å². The summed E-state index contributed by atoms with van der Waals surface area (Å²) < 4.78 is 13.3. The van der Waals surface area contributed by atoms with Crippen molar-refractivity contribution in [1.82, 2.24) is 0 Å². The standard InChI is InChI=1S/C11H7FO3/c12-10-8-3-1-7(11(14)15)5-6(8)2-4-9(10)13/h1-5,13H,(H,14,15). The maximum absolute atomic E-state index is 13.3. The minimum absolute atomic E-state index is 0.0904. The number of phenols is 1. The summed E-state index contributed by atoms with van der Waals surface area (Å²) in [6.45, 7) is 0. The van der Waals surface area contributed by atoms with E-state index in [9.17, 15) is 9.18 Å². The minimum Gasteiger partial charge on any atom is -0.505 e. The van der Waals surface area contributed by atoms with E-state index in [1.807, 2.05) is 0 Å². The van der Waals surface area contributed by atoms with Crippen LogP contribution in [0.3, 0.4) is 0 Å². The summed E-state index contributed by atoms with van der Waals surface area (Å²) in [6, 6.07) is 6.67. The van der Waals surface area contributed by atoms with Crippen molar-refractivity contribution >= 4 is 16.7 Å². The van der Waals surface area contributed by atoms with Gasteiger partial charge in [0.1, 0.15) is 0 Å². The zero-order chi connectivity index (χ0) is 11.0. The van der Waals surface area contributed by atoms with Crippen LogP contribution in [0.1, 0.15) is 10.4 Å². The molecule has 0 spiro atoms. The molecule has 0 bridgehead atoms. The summed E-state index contributed by atoms with van der Waals surface area (Å²) >= 11 is 0. The largest absolute Gasteiger partial charge is 0.505 e. The van der Waals surface area contributed by atoms with Gasteiger partial charge in [-0.1, -0.05) is 12.1 Å². The molecule has 0 atom stereocenters. The number of phenolic OH excluding ortho intramolecular Hbond substituents is 1. The molecule has 4 heteroatoms. The third kappa shape index (κ3) is 1.50. The Balaban J connectivity index is 2.75. The summed E-state index contributed by atoms with van der Waals surface area (Å²) in [5.41, 5.74) is 0.0904. The van der Waals surface area contributed by atoms with Crippen LogP contribution in [0.2, 0.25) is 0 Å². The molecule has 0 unspecified atom stereocenters. The van der Waals surface area contributed by atoms with E-state index in [0.717, 1.165) is 0 Å². The highest BCUT2D eigenvalue weighted by Crippen LogP contribution is 2.25. The molecule has 0 fully saturated rings. The average Bonchev–Trinajstić information content (AvgIpc) is 2.23. The second-order valence-electron chi connectivity index (χ2n) is 3.14. The number of carboxylic acid groups (broad SMARTS) is 1. The first-order chi connectivity index (χ1) is 7.09. The topological polar surface area (TPSA) is 57.5 Å². The lowest BCUT2D eigenvalue weighted by Crippen LogP contribution is -1.95. The summed E-state index contributed by atoms with van der Waals surface area (Å²) in [4.78, 5) is 10.7. The predicted octanol–water partition coefficient (Wildman–Crippen LogP) is 2.38. The van der Waals surface area contributed by atoms with E-state index in [1.54, 1.807) is 0 Å². The van der Waals surface area contributed by atoms with Gasteiger partial charge in [0.15, 0.2) is 11.6 Å². The Morgan fingerprint density at radius 3 is 2.60 bits per heavy atom. The van der Waals surface area contributed by atoms with Gasteiger partial charge in [-0.05, 0) is 23.6 Å². The Kier molecular flexibility index (Phi) is 2.04. The Morgan fingerprint density at radius 1 is 1.20 bits per heavy atom. The summed E-state index contributed by atoms with van der Waals surface area (Å²) in [7, 11) is 0. The number of fused-ring (bicyclic) bond motifs is 1. The van der Waals surface area contributed by atoms with Gasteiger partial charge in [-0.15, -0.1) is 0 Å². The zero-order valence-corrected chi connectivity index (χ0v) is 7.57. The SMILES string of the molecule is O=C(O)c1ccc2c(F)c(O)ccc2c1. The Bertz CT molecular complexity index is 549. The molecule has 0 aliphatic heterocycles. The van der Waals surface area contributed by atoms with E-state index >= 15 is 0 Å². The normalized spacial score (nSPS) is 10.5. The molecular formula is C11H7FO3. The Morgan fingerprint density at radius 2 is 1.93 bits per heavy atom. The molecule has 2 rings (SSSR count). The van der Waals surface area contributed by atoms with Crippen molar-refractivity contribution in [3.05, 3.63) is 41.7 Å². The number of rotatable bonds is 1. The fraction of sp³-hybridized carbons (Fsp3) is 0. The number of aromatic hydroxyl groups is 1. The lowest BCUT2D eigenvalue weighted by Gasteiger charge is -2.02. The fourth-order valence-corrected chi connectivity index (χ4v) is 1.41. The first-order valence-electron chi connectivity index (χ1n) is 4.24. The number of carbonyl (C=O) groups is 1. The molecule has 0 heterocycles. The van der Waals surface area contributed by atoms with E-state index in [4.69, 9.17) is 10.2 Å². The number of aromatic carboxylic acids is 1. The second kappa shape index (κ2) is 3.24. The van der Waals surface area contributed by atoms with Crippen LogP contribution in [0.15, 0.2) is 30.3 Å². The highest BCUT2D eigenvalue weighted by atomic mass is 19.1. The van der Waals surface area contributed by atoms with Gasteiger partial charge in [0.05, 0.1) is 5.56 Å². The van der Waals surface area contributed by atoms with Gasteiger partial charge >= 0.3 is 5.97 Å². The van der Waals surface area contributed by atoms with E-state index in [1.165, 1.54) is 30.3 Å². The lowest BCUT2D eigenvalue weighted by molar-refractivity contribution is 0.0697. The van der Waals surface area contributed by atoms with Gasteiger partial charge in [0, 0.05) is 5.39 Å². The first kappa shape index (κ1) is 9.45. The van der Waals surface area contributed by atoms with Crippen molar-refractivity contribution in [2.24, 2.45) is 0 Å². The smallest absolute Gasteiger partial charge is 0.335 e. The number of halogens is 1. The maximum atomic E-state index is 13.3. The summed E-state index contributed by atoms with van der Waals surface area (Å²) in [5, 5.41) is 18.5. The van der Waals surface area contributed by atoms with Gasteiger partial charge in [0.25, 0.3) is 0 Å². The molecule has 3 nitrogen and oxygen atoms in total. The highest BCUT2D eigenvalue weighted by Gasteiger charge is 2.08. The van der Waals surface area contributed by atoms with Crippen LogP contribution in [0.5, 0.6) is 5.75 Å². The number of hydrogen-bond donors (Lipinski definition) is 2. The monoisotopic (exact) mass is 206 g/mol. The molecule has 0 amide bonds. The fourth-order valence-electron chi connectivity index (χ4n) is 1.41. The number of benzene rings is 2. The van der Waals surface area contributed by atoms with Crippen molar-refractivity contribution in [1.29, 1.82) is 0 Å². The lowest BCUT2D eigenvalue weighted by atomic mass is 10.1. The number of carboxylic acids is 1.